The number of methoxy groups -OCH3 is 1. The number of hydrogen-bond acceptors (Lipinski definition) is 5. The van der Waals surface area contributed by atoms with Crippen molar-refractivity contribution in [2.75, 3.05) is 7.11 Å². The highest BCUT2D eigenvalue weighted by atomic mass is 35.5. The maximum atomic E-state index is 11.7. The summed E-state index contributed by atoms with van der Waals surface area (Å²) in [4.78, 5) is 14.5. The van der Waals surface area contributed by atoms with E-state index < -0.39 is 11.7 Å². The Bertz CT molecular complexity index is 717. The van der Waals surface area contributed by atoms with Gasteiger partial charge >= 0.3 is 5.97 Å². The minimum Gasteiger partial charge on any atom is -0.506 e. The summed E-state index contributed by atoms with van der Waals surface area (Å²) in [5.41, 5.74) is -0.503. The van der Waals surface area contributed by atoms with Gasteiger partial charge in [0.1, 0.15) is 17.2 Å². The SMILES string of the molecule is COC(=O)c1cc2c(C(C)(O)NC(C)(C)C)ccc(O)c2[nH]1.Cl. The highest BCUT2D eigenvalue weighted by Gasteiger charge is 2.31. The molecule has 0 saturated carbocycles. The zero-order valence-corrected chi connectivity index (χ0v) is 14.7. The second kappa shape index (κ2) is 6.39. The molecule has 6 nitrogen and oxygen atoms in total. The molecule has 0 fully saturated rings. The third kappa shape index (κ3) is 3.96. The first-order chi connectivity index (χ1) is 10.0. The summed E-state index contributed by atoms with van der Waals surface area (Å²) in [6.07, 6.45) is 0. The Labute approximate surface area is 141 Å². The summed E-state index contributed by atoms with van der Waals surface area (Å²) < 4.78 is 4.68. The van der Waals surface area contributed by atoms with E-state index in [-0.39, 0.29) is 29.4 Å². The Hall–Kier alpha value is -1.76. The Balaban J connectivity index is 0.00000264. The molecule has 2 rings (SSSR count). The number of aromatic amines is 1. The fraction of sp³-hybridized carbons (Fsp3) is 0.438. The van der Waals surface area contributed by atoms with Crippen molar-refractivity contribution < 1.29 is 19.7 Å². The van der Waals surface area contributed by atoms with Gasteiger partial charge < -0.3 is 19.9 Å². The van der Waals surface area contributed by atoms with E-state index in [1.165, 1.54) is 13.2 Å². The average Bonchev–Trinajstić information content (AvgIpc) is 2.80. The van der Waals surface area contributed by atoms with Crippen LogP contribution in [-0.4, -0.2) is 33.8 Å². The van der Waals surface area contributed by atoms with Crippen molar-refractivity contribution in [3.8, 4) is 5.75 Å². The minimum absolute atomic E-state index is 0. The Morgan fingerprint density at radius 1 is 1.26 bits per heavy atom. The molecule has 23 heavy (non-hydrogen) atoms. The standard InChI is InChI=1S/C16H22N2O4.ClH/c1-15(2,3)18-16(4,21)10-6-7-12(19)13-9(10)8-11(17-13)14(20)22-5;/h6-8,17-19,21H,1-5H3;1H. The van der Waals surface area contributed by atoms with E-state index in [9.17, 15) is 15.0 Å². The van der Waals surface area contributed by atoms with E-state index in [4.69, 9.17) is 0 Å². The molecule has 1 heterocycles. The Morgan fingerprint density at radius 2 is 1.87 bits per heavy atom. The van der Waals surface area contributed by atoms with E-state index in [0.29, 0.717) is 16.5 Å². The van der Waals surface area contributed by atoms with Gasteiger partial charge in [-0.15, -0.1) is 12.4 Å². The third-order valence-electron chi connectivity index (χ3n) is 3.32. The number of rotatable bonds is 3. The molecule has 4 N–H and O–H groups in total. The number of H-pyrrole nitrogens is 1. The number of carbonyl (C=O) groups is 1. The molecule has 128 valence electrons. The molecule has 1 aromatic carbocycles. The number of fused-ring (bicyclic) bond motifs is 1. The van der Waals surface area contributed by atoms with Crippen molar-refractivity contribution in [1.82, 2.24) is 10.3 Å². The van der Waals surface area contributed by atoms with Gasteiger partial charge in [0, 0.05) is 16.5 Å². The van der Waals surface area contributed by atoms with Gasteiger partial charge in [0.15, 0.2) is 0 Å². The molecule has 1 aromatic heterocycles. The molecule has 1 atom stereocenters. The lowest BCUT2D eigenvalue weighted by Crippen LogP contribution is -2.50. The summed E-state index contributed by atoms with van der Waals surface area (Å²) in [5, 5.41) is 24.4. The number of aliphatic hydroxyl groups is 1. The fourth-order valence-corrected chi connectivity index (χ4v) is 2.65. The summed E-state index contributed by atoms with van der Waals surface area (Å²) >= 11 is 0. The minimum atomic E-state index is -1.33. The summed E-state index contributed by atoms with van der Waals surface area (Å²) in [7, 11) is 1.28. The summed E-state index contributed by atoms with van der Waals surface area (Å²) in [6.45, 7) is 7.46. The fourth-order valence-electron chi connectivity index (χ4n) is 2.65. The molecule has 0 bridgehead atoms. The van der Waals surface area contributed by atoms with Gasteiger partial charge in [0.25, 0.3) is 0 Å². The van der Waals surface area contributed by atoms with Crippen LogP contribution in [0.3, 0.4) is 0 Å². The molecule has 0 aliphatic carbocycles. The first kappa shape index (κ1) is 19.3. The van der Waals surface area contributed by atoms with E-state index >= 15 is 0 Å². The van der Waals surface area contributed by atoms with Gasteiger partial charge in [0.2, 0.25) is 0 Å². The number of nitrogens with one attached hydrogen (secondary N) is 2. The first-order valence-electron chi connectivity index (χ1n) is 7.00. The van der Waals surface area contributed by atoms with Crippen LogP contribution in [0, 0.1) is 0 Å². The second-order valence-corrected chi connectivity index (χ2v) is 6.54. The maximum Gasteiger partial charge on any atom is 0.354 e. The monoisotopic (exact) mass is 342 g/mol. The van der Waals surface area contributed by atoms with Crippen LogP contribution in [0.1, 0.15) is 43.7 Å². The number of phenols is 1. The molecule has 7 heteroatoms. The number of esters is 1. The maximum absolute atomic E-state index is 11.7. The quantitative estimate of drug-likeness (QED) is 0.508. The molecular weight excluding hydrogens is 320 g/mol. The van der Waals surface area contributed by atoms with Gasteiger partial charge in [-0.3, -0.25) is 5.32 Å². The molecule has 0 aliphatic heterocycles. The number of hydrogen-bond donors (Lipinski definition) is 4. The number of halogens is 1. The van der Waals surface area contributed by atoms with E-state index in [1.54, 1.807) is 19.1 Å². The van der Waals surface area contributed by atoms with Crippen LogP contribution in [0.25, 0.3) is 10.9 Å². The van der Waals surface area contributed by atoms with Crippen LogP contribution in [0.15, 0.2) is 18.2 Å². The smallest absolute Gasteiger partial charge is 0.354 e. The predicted octanol–water partition coefficient (Wildman–Crippen LogP) is 2.64. The van der Waals surface area contributed by atoms with Gasteiger partial charge in [0.05, 0.1) is 12.6 Å². The van der Waals surface area contributed by atoms with Crippen LogP contribution in [0.4, 0.5) is 0 Å². The van der Waals surface area contributed by atoms with E-state index in [0.717, 1.165) is 0 Å². The number of aromatic hydroxyl groups is 1. The number of ether oxygens (including phenoxy) is 1. The summed E-state index contributed by atoms with van der Waals surface area (Å²) in [5.74, 6) is -0.537. The van der Waals surface area contributed by atoms with Gasteiger partial charge in [-0.2, -0.15) is 0 Å². The van der Waals surface area contributed by atoms with E-state index in [2.05, 4.69) is 15.0 Å². The van der Waals surface area contributed by atoms with Crippen LogP contribution >= 0.6 is 12.4 Å². The Morgan fingerprint density at radius 3 is 2.39 bits per heavy atom. The molecule has 0 spiro atoms. The topological polar surface area (TPSA) is 94.6 Å². The highest BCUT2D eigenvalue weighted by Crippen LogP contribution is 2.34. The van der Waals surface area contributed by atoms with Crippen molar-refractivity contribution in [3.05, 3.63) is 29.5 Å². The predicted molar refractivity (Wildman–Crippen MR) is 91.0 cm³/mol. The number of phenolic OH excluding ortho intramolecular Hbond substituents is 1. The molecule has 1 unspecified atom stereocenters. The lowest BCUT2D eigenvalue weighted by atomic mass is 9.96. The van der Waals surface area contributed by atoms with Crippen LogP contribution in [-0.2, 0) is 10.5 Å². The van der Waals surface area contributed by atoms with Crippen molar-refractivity contribution in [2.24, 2.45) is 0 Å². The van der Waals surface area contributed by atoms with Crippen LogP contribution in [0.2, 0.25) is 0 Å². The zero-order chi connectivity index (χ0) is 16.7. The number of benzene rings is 1. The van der Waals surface area contributed by atoms with Crippen molar-refractivity contribution in [2.45, 2.75) is 39.0 Å². The Kier molecular flexibility index (Phi) is 5.36. The molecule has 0 amide bonds. The lowest BCUT2D eigenvalue weighted by molar-refractivity contribution is -0.00283. The van der Waals surface area contributed by atoms with Gasteiger partial charge in [-0.05, 0) is 39.8 Å². The average molecular weight is 343 g/mol. The molecule has 0 saturated heterocycles. The molecule has 0 aliphatic rings. The second-order valence-electron chi connectivity index (χ2n) is 6.54. The zero-order valence-electron chi connectivity index (χ0n) is 13.9. The molecule has 2 aromatic rings. The van der Waals surface area contributed by atoms with Crippen LogP contribution in [0.5, 0.6) is 5.75 Å². The first-order valence-corrected chi connectivity index (χ1v) is 7.00. The number of carbonyl (C=O) groups excluding carboxylic acids is 1. The molecule has 0 radical (unpaired) electrons. The normalized spacial score (nSPS) is 14.2. The number of aromatic nitrogens is 1. The van der Waals surface area contributed by atoms with Crippen molar-refractivity contribution >= 4 is 29.3 Å². The molecular formula is C16H23ClN2O4. The summed E-state index contributed by atoms with van der Waals surface area (Å²) in [6, 6.07) is 4.67. The van der Waals surface area contributed by atoms with Crippen molar-refractivity contribution in [1.29, 1.82) is 0 Å². The van der Waals surface area contributed by atoms with Gasteiger partial charge in [-0.1, -0.05) is 6.07 Å². The van der Waals surface area contributed by atoms with Crippen molar-refractivity contribution in [3.63, 3.8) is 0 Å². The lowest BCUT2D eigenvalue weighted by Gasteiger charge is -2.34. The van der Waals surface area contributed by atoms with Gasteiger partial charge in [-0.25, -0.2) is 4.79 Å². The largest absolute Gasteiger partial charge is 0.506 e. The third-order valence-corrected chi connectivity index (χ3v) is 3.32. The van der Waals surface area contributed by atoms with Crippen LogP contribution < -0.4 is 5.32 Å². The highest BCUT2D eigenvalue weighted by molar-refractivity contribution is 5.98. The van der Waals surface area contributed by atoms with E-state index in [1.807, 2.05) is 20.8 Å².